The van der Waals surface area contributed by atoms with Gasteiger partial charge in [0, 0.05) is 26.6 Å². The molecule has 2 atom stereocenters. The van der Waals surface area contributed by atoms with Crippen molar-refractivity contribution in [2.45, 2.75) is 31.4 Å². The molecule has 2 N–H and O–H groups in total. The molecule has 0 radical (unpaired) electrons. The number of amides is 2. The van der Waals surface area contributed by atoms with Gasteiger partial charge in [0.15, 0.2) is 0 Å². The second-order valence-electron chi connectivity index (χ2n) is 5.00. The van der Waals surface area contributed by atoms with Crippen LogP contribution in [0.5, 0.6) is 0 Å². The third-order valence-electron chi connectivity index (χ3n) is 3.37. The molecule has 1 saturated heterocycles. The van der Waals surface area contributed by atoms with Crippen LogP contribution in [0.2, 0.25) is 0 Å². The number of rotatable bonds is 3. The monoisotopic (exact) mass is 242 g/mol. The van der Waals surface area contributed by atoms with Gasteiger partial charge in [-0.1, -0.05) is 0 Å². The number of hydrogen-bond donors (Lipinski definition) is 2. The predicted molar refractivity (Wildman–Crippen MR) is 59.5 cm³/mol. The molecule has 0 bridgehead atoms. The molecular formula is C11H18N2O4. The van der Waals surface area contributed by atoms with E-state index in [1.54, 1.807) is 11.9 Å². The Morgan fingerprint density at radius 2 is 2.06 bits per heavy atom. The zero-order valence-corrected chi connectivity index (χ0v) is 9.87. The minimum atomic E-state index is -1.05. The Morgan fingerprint density at radius 1 is 1.41 bits per heavy atom. The zero-order chi connectivity index (χ0) is 12.6. The molecule has 1 aliphatic heterocycles. The van der Waals surface area contributed by atoms with E-state index in [4.69, 9.17) is 5.11 Å². The lowest BCUT2D eigenvalue weighted by atomic mass is 10.2. The summed E-state index contributed by atoms with van der Waals surface area (Å²) in [5.41, 5.74) is 0. The third-order valence-corrected chi connectivity index (χ3v) is 3.37. The topological polar surface area (TPSA) is 81.1 Å². The van der Waals surface area contributed by atoms with Gasteiger partial charge in [-0.05, 0) is 18.8 Å². The Kier molecular flexibility index (Phi) is 3.24. The molecule has 2 rings (SSSR count). The SMILES string of the molecule is CN(CC1CC1)C(=O)N1CC(O)C[C@H]1C(=O)O. The summed E-state index contributed by atoms with van der Waals surface area (Å²) in [4.78, 5) is 25.9. The molecule has 0 spiro atoms. The molecule has 0 aromatic carbocycles. The third kappa shape index (κ3) is 2.69. The van der Waals surface area contributed by atoms with Crippen LogP contribution in [0.4, 0.5) is 4.79 Å². The van der Waals surface area contributed by atoms with Crippen molar-refractivity contribution in [1.82, 2.24) is 9.80 Å². The number of carboxylic acids is 1. The number of aliphatic carboxylic acids is 1. The van der Waals surface area contributed by atoms with Gasteiger partial charge in [-0.25, -0.2) is 9.59 Å². The summed E-state index contributed by atoms with van der Waals surface area (Å²) in [5, 5.41) is 18.5. The molecule has 1 unspecified atom stereocenters. The molecule has 96 valence electrons. The van der Waals surface area contributed by atoms with Crippen LogP contribution >= 0.6 is 0 Å². The van der Waals surface area contributed by atoms with Crippen LogP contribution in [0, 0.1) is 5.92 Å². The van der Waals surface area contributed by atoms with E-state index < -0.39 is 18.1 Å². The molecular weight excluding hydrogens is 224 g/mol. The maximum Gasteiger partial charge on any atom is 0.326 e. The summed E-state index contributed by atoms with van der Waals surface area (Å²) in [5.74, 6) is -0.477. The second-order valence-corrected chi connectivity index (χ2v) is 5.00. The molecule has 1 heterocycles. The molecule has 6 nitrogen and oxygen atoms in total. The van der Waals surface area contributed by atoms with Gasteiger partial charge >= 0.3 is 12.0 Å². The fraction of sp³-hybridized carbons (Fsp3) is 0.818. The van der Waals surface area contributed by atoms with Crippen molar-refractivity contribution in [1.29, 1.82) is 0 Å². The smallest absolute Gasteiger partial charge is 0.326 e. The van der Waals surface area contributed by atoms with E-state index in [0.717, 1.165) is 12.8 Å². The van der Waals surface area contributed by atoms with Crippen LogP contribution in [0.25, 0.3) is 0 Å². The summed E-state index contributed by atoms with van der Waals surface area (Å²) in [7, 11) is 1.68. The van der Waals surface area contributed by atoms with Crippen LogP contribution in [0.1, 0.15) is 19.3 Å². The molecule has 0 aromatic heterocycles. The zero-order valence-electron chi connectivity index (χ0n) is 9.87. The Labute approximate surface area is 99.8 Å². The van der Waals surface area contributed by atoms with E-state index in [1.807, 2.05) is 0 Å². The second kappa shape index (κ2) is 4.52. The Morgan fingerprint density at radius 3 is 2.59 bits per heavy atom. The van der Waals surface area contributed by atoms with Crippen molar-refractivity contribution in [3.63, 3.8) is 0 Å². The first kappa shape index (κ1) is 12.2. The number of urea groups is 1. The number of aliphatic hydroxyl groups is 1. The van der Waals surface area contributed by atoms with E-state index in [9.17, 15) is 14.7 Å². The van der Waals surface area contributed by atoms with Gasteiger partial charge in [0.2, 0.25) is 0 Å². The van der Waals surface area contributed by atoms with Gasteiger partial charge in [0.1, 0.15) is 6.04 Å². The van der Waals surface area contributed by atoms with Crippen molar-refractivity contribution < 1.29 is 19.8 Å². The molecule has 6 heteroatoms. The first-order valence-electron chi connectivity index (χ1n) is 5.91. The summed E-state index contributed by atoms with van der Waals surface area (Å²) in [6.07, 6.45) is 1.68. The van der Waals surface area contributed by atoms with Crippen molar-refractivity contribution in [3.8, 4) is 0 Å². The lowest BCUT2D eigenvalue weighted by molar-refractivity contribution is -0.141. The molecule has 2 fully saturated rings. The van der Waals surface area contributed by atoms with Crippen molar-refractivity contribution in [2.75, 3.05) is 20.1 Å². The van der Waals surface area contributed by atoms with E-state index in [0.29, 0.717) is 12.5 Å². The van der Waals surface area contributed by atoms with Crippen molar-refractivity contribution >= 4 is 12.0 Å². The first-order chi connectivity index (χ1) is 7.99. The van der Waals surface area contributed by atoms with Crippen LogP contribution < -0.4 is 0 Å². The quantitative estimate of drug-likeness (QED) is 0.728. The fourth-order valence-electron chi connectivity index (χ4n) is 2.24. The molecule has 2 amide bonds. The van der Waals surface area contributed by atoms with Crippen LogP contribution in [-0.4, -0.2) is 64.3 Å². The number of carboxylic acid groups (broad SMARTS) is 1. The van der Waals surface area contributed by atoms with E-state index in [2.05, 4.69) is 0 Å². The van der Waals surface area contributed by atoms with Gasteiger partial charge in [-0.3, -0.25) is 0 Å². The Balaban J connectivity index is 1.98. The van der Waals surface area contributed by atoms with Gasteiger partial charge in [-0.2, -0.15) is 0 Å². The Hall–Kier alpha value is -1.30. The average Bonchev–Trinajstić information content (AvgIpc) is 2.97. The molecule has 1 aliphatic carbocycles. The molecule has 0 aromatic rings. The predicted octanol–water partition coefficient (Wildman–Crippen LogP) is -0.0320. The lowest BCUT2D eigenvalue weighted by Crippen LogP contribution is -2.47. The molecule has 2 aliphatic rings. The largest absolute Gasteiger partial charge is 0.480 e. The fourth-order valence-corrected chi connectivity index (χ4v) is 2.24. The lowest BCUT2D eigenvalue weighted by Gasteiger charge is -2.27. The average molecular weight is 242 g/mol. The van der Waals surface area contributed by atoms with Crippen LogP contribution in [0.3, 0.4) is 0 Å². The minimum Gasteiger partial charge on any atom is -0.480 e. The highest BCUT2D eigenvalue weighted by atomic mass is 16.4. The maximum atomic E-state index is 12.0. The van der Waals surface area contributed by atoms with Crippen LogP contribution in [0.15, 0.2) is 0 Å². The summed E-state index contributed by atoms with van der Waals surface area (Å²) < 4.78 is 0. The maximum absolute atomic E-state index is 12.0. The number of carbonyl (C=O) groups excluding carboxylic acids is 1. The van der Waals surface area contributed by atoms with E-state index in [-0.39, 0.29) is 19.0 Å². The van der Waals surface area contributed by atoms with Gasteiger partial charge in [-0.15, -0.1) is 0 Å². The van der Waals surface area contributed by atoms with Gasteiger partial charge in [0.05, 0.1) is 6.10 Å². The standard InChI is InChI=1S/C11H18N2O4/c1-12(5-7-2-3-7)11(17)13-6-8(14)4-9(13)10(15)16/h7-9,14H,2-6H2,1H3,(H,15,16)/t8?,9-/m0/s1. The molecule has 1 saturated carbocycles. The normalized spacial score (nSPS) is 28.2. The first-order valence-corrected chi connectivity index (χ1v) is 5.91. The van der Waals surface area contributed by atoms with Gasteiger partial charge < -0.3 is 20.0 Å². The number of aliphatic hydroxyl groups excluding tert-OH is 1. The van der Waals surface area contributed by atoms with Crippen molar-refractivity contribution in [2.24, 2.45) is 5.92 Å². The van der Waals surface area contributed by atoms with Gasteiger partial charge in [0.25, 0.3) is 0 Å². The van der Waals surface area contributed by atoms with Crippen molar-refractivity contribution in [3.05, 3.63) is 0 Å². The highest BCUT2D eigenvalue weighted by molar-refractivity contribution is 5.83. The highest BCUT2D eigenvalue weighted by Gasteiger charge is 2.40. The highest BCUT2D eigenvalue weighted by Crippen LogP contribution is 2.30. The summed E-state index contributed by atoms with van der Waals surface area (Å²) >= 11 is 0. The molecule has 17 heavy (non-hydrogen) atoms. The minimum absolute atomic E-state index is 0.116. The van der Waals surface area contributed by atoms with E-state index >= 15 is 0 Å². The summed E-state index contributed by atoms with van der Waals surface area (Å²) in [6.45, 7) is 0.794. The number of nitrogens with zero attached hydrogens (tertiary/aromatic N) is 2. The number of hydrogen-bond acceptors (Lipinski definition) is 3. The van der Waals surface area contributed by atoms with E-state index in [1.165, 1.54) is 4.90 Å². The summed E-state index contributed by atoms with van der Waals surface area (Å²) in [6, 6.07) is -1.18. The van der Waals surface area contributed by atoms with Crippen LogP contribution in [-0.2, 0) is 4.79 Å². The Bertz CT molecular complexity index is 329. The number of β-amino-alcohol motifs (C(OH)–C–C–N with tert-alkyl or cyclic N) is 1. The number of carbonyl (C=O) groups is 2. The number of likely N-dealkylation sites (tertiary alicyclic amines) is 1.